The topological polar surface area (TPSA) is 60.8 Å². The summed E-state index contributed by atoms with van der Waals surface area (Å²) in [5.41, 5.74) is -1.59. The van der Waals surface area contributed by atoms with E-state index in [1.807, 2.05) is 0 Å². The third kappa shape index (κ3) is 2.00. The predicted molar refractivity (Wildman–Crippen MR) is 48.3 cm³/mol. The van der Waals surface area contributed by atoms with Crippen LogP contribution >= 0.6 is 0 Å². The zero-order valence-corrected chi connectivity index (χ0v) is 7.99. The maximum Gasteiger partial charge on any atom is 0.351 e. The molecule has 2 N–H and O–H groups in total. The number of aliphatic carboxylic acids is 1. The number of nitrogens with zero attached hydrogens (tertiary/aromatic N) is 1. The highest BCUT2D eigenvalue weighted by Crippen LogP contribution is 2.26. The van der Waals surface area contributed by atoms with E-state index in [0.29, 0.717) is 19.5 Å². The van der Waals surface area contributed by atoms with Gasteiger partial charge in [-0.15, -0.1) is 0 Å². The van der Waals surface area contributed by atoms with E-state index in [1.54, 1.807) is 4.90 Å². The van der Waals surface area contributed by atoms with Crippen LogP contribution in [0.1, 0.15) is 32.6 Å². The summed E-state index contributed by atoms with van der Waals surface area (Å²) in [6, 6.07) is 0. The van der Waals surface area contributed by atoms with Gasteiger partial charge in [0.05, 0.1) is 0 Å². The van der Waals surface area contributed by atoms with Crippen molar-refractivity contribution < 1.29 is 15.0 Å². The van der Waals surface area contributed by atoms with Crippen LogP contribution in [0.25, 0.3) is 0 Å². The average Bonchev–Trinajstić information content (AvgIpc) is 2.45. The molecule has 0 saturated carbocycles. The second kappa shape index (κ2) is 4.07. The first kappa shape index (κ1) is 10.5. The molecule has 0 amide bonds. The summed E-state index contributed by atoms with van der Waals surface area (Å²) in [5, 5.41) is 18.6. The molecule has 1 heterocycles. The van der Waals surface area contributed by atoms with Gasteiger partial charge in [0.25, 0.3) is 0 Å². The Morgan fingerprint density at radius 1 is 1.62 bits per heavy atom. The van der Waals surface area contributed by atoms with Crippen LogP contribution in [-0.4, -0.2) is 39.9 Å². The second-order valence-electron chi connectivity index (χ2n) is 3.57. The molecule has 1 aliphatic rings. The standard InChI is InChI=1S/C9H17NO3/c1-2-3-6-10-7-4-5-9(10,13)8(11)12/h13H,2-7H2,1H3,(H,11,12)/t9-/m1/s1. The van der Waals surface area contributed by atoms with Crippen molar-refractivity contribution in [1.82, 2.24) is 4.90 Å². The van der Waals surface area contributed by atoms with E-state index in [0.717, 1.165) is 19.3 Å². The van der Waals surface area contributed by atoms with E-state index < -0.39 is 11.7 Å². The van der Waals surface area contributed by atoms with Crippen LogP contribution in [0, 0.1) is 0 Å². The third-order valence-corrected chi connectivity index (χ3v) is 2.60. The van der Waals surface area contributed by atoms with Crippen LogP contribution < -0.4 is 0 Å². The molecule has 1 atom stereocenters. The number of unbranched alkanes of at least 4 members (excludes halogenated alkanes) is 1. The normalized spacial score (nSPS) is 29.4. The molecule has 0 aromatic heterocycles. The van der Waals surface area contributed by atoms with E-state index in [9.17, 15) is 9.90 Å². The van der Waals surface area contributed by atoms with E-state index in [-0.39, 0.29) is 0 Å². The van der Waals surface area contributed by atoms with Crippen LogP contribution in [0.4, 0.5) is 0 Å². The van der Waals surface area contributed by atoms with Crippen molar-refractivity contribution in [3.8, 4) is 0 Å². The molecule has 0 aromatic rings. The number of carboxylic acid groups (broad SMARTS) is 1. The van der Waals surface area contributed by atoms with Gasteiger partial charge in [0.2, 0.25) is 5.72 Å². The number of likely N-dealkylation sites (tertiary alicyclic amines) is 1. The highest BCUT2D eigenvalue weighted by atomic mass is 16.4. The van der Waals surface area contributed by atoms with Crippen molar-refractivity contribution in [1.29, 1.82) is 0 Å². The molecule has 0 unspecified atom stereocenters. The molecule has 4 nitrogen and oxygen atoms in total. The first-order valence-corrected chi connectivity index (χ1v) is 4.82. The molecule has 0 spiro atoms. The summed E-state index contributed by atoms with van der Waals surface area (Å²) in [5.74, 6) is -1.11. The number of carboxylic acids is 1. The first-order chi connectivity index (χ1) is 6.11. The fourth-order valence-corrected chi connectivity index (χ4v) is 1.75. The van der Waals surface area contributed by atoms with Crippen molar-refractivity contribution in [2.24, 2.45) is 0 Å². The molecule has 0 bridgehead atoms. The number of aliphatic hydroxyl groups is 1. The Labute approximate surface area is 78.2 Å². The molecule has 0 aliphatic carbocycles. The predicted octanol–water partition coefficient (Wildman–Crippen LogP) is 0.656. The minimum Gasteiger partial charge on any atom is -0.478 e. The van der Waals surface area contributed by atoms with Crippen LogP contribution in [-0.2, 0) is 4.79 Å². The smallest absolute Gasteiger partial charge is 0.351 e. The van der Waals surface area contributed by atoms with Gasteiger partial charge in [-0.25, -0.2) is 4.79 Å². The van der Waals surface area contributed by atoms with Crippen molar-refractivity contribution in [2.75, 3.05) is 13.1 Å². The monoisotopic (exact) mass is 187 g/mol. The zero-order valence-electron chi connectivity index (χ0n) is 7.99. The number of hydrogen-bond acceptors (Lipinski definition) is 3. The number of carbonyl (C=O) groups is 1. The van der Waals surface area contributed by atoms with Crippen LogP contribution in [0.5, 0.6) is 0 Å². The van der Waals surface area contributed by atoms with Crippen molar-refractivity contribution >= 4 is 5.97 Å². The summed E-state index contributed by atoms with van der Waals surface area (Å²) in [7, 11) is 0. The van der Waals surface area contributed by atoms with Crippen LogP contribution in [0.2, 0.25) is 0 Å². The third-order valence-electron chi connectivity index (χ3n) is 2.60. The molecular weight excluding hydrogens is 170 g/mol. The van der Waals surface area contributed by atoms with Gasteiger partial charge in [-0.3, -0.25) is 4.90 Å². The Morgan fingerprint density at radius 2 is 2.31 bits per heavy atom. The van der Waals surface area contributed by atoms with Gasteiger partial charge in [-0.1, -0.05) is 13.3 Å². The SMILES string of the molecule is CCCCN1CCC[C@@]1(O)C(=O)O. The number of hydrogen-bond donors (Lipinski definition) is 2. The Balaban J connectivity index is 2.57. The molecule has 1 fully saturated rings. The molecule has 1 saturated heterocycles. The number of rotatable bonds is 4. The van der Waals surface area contributed by atoms with Gasteiger partial charge in [-0.2, -0.15) is 0 Å². The van der Waals surface area contributed by atoms with E-state index >= 15 is 0 Å². The quantitative estimate of drug-likeness (QED) is 0.678. The summed E-state index contributed by atoms with van der Waals surface area (Å²) in [6.45, 7) is 3.43. The molecule has 0 aromatic carbocycles. The fraction of sp³-hybridized carbons (Fsp3) is 0.889. The largest absolute Gasteiger partial charge is 0.478 e. The molecule has 76 valence electrons. The van der Waals surface area contributed by atoms with Crippen LogP contribution in [0.3, 0.4) is 0 Å². The lowest BCUT2D eigenvalue weighted by Gasteiger charge is -2.29. The maximum atomic E-state index is 10.8. The first-order valence-electron chi connectivity index (χ1n) is 4.82. The van der Waals surface area contributed by atoms with Crippen LogP contribution in [0.15, 0.2) is 0 Å². The second-order valence-corrected chi connectivity index (χ2v) is 3.57. The molecule has 0 radical (unpaired) electrons. The van der Waals surface area contributed by atoms with Gasteiger partial charge in [0.15, 0.2) is 0 Å². The Kier molecular flexibility index (Phi) is 3.27. The highest BCUT2D eigenvalue weighted by Gasteiger charge is 2.45. The molecule has 13 heavy (non-hydrogen) atoms. The highest BCUT2D eigenvalue weighted by molar-refractivity contribution is 5.76. The lowest BCUT2D eigenvalue weighted by Crippen LogP contribution is -2.50. The Morgan fingerprint density at radius 3 is 2.85 bits per heavy atom. The summed E-state index contributed by atoms with van der Waals surface area (Å²) in [6.07, 6.45) is 3.08. The van der Waals surface area contributed by atoms with Gasteiger partial charge in [0, 0.05) is 19.5 Å². The van der Waals surface area contributed by atoms with E-state index in [2.05, 4.69) is 6.92 Å². The fourth-order valence-electron chi connectivity index (χ4n) is 1.75. The van der Waals surface area contributed by atoms with E-state index in [4.69, 9.17) is 5.11 Å². The van der Waals surface area contributed by atoms with Gasteiger partial charge in [0.1, 0.15) is 0 Å². The van der Waals surface area contributed by atoms with Crippen molar-refractivity contribution in [2.45, 2.75) is 38.3 Å². The minimum absolute atomic E-state index is 0.353. The molecule has 4 heteroatoms. The van der Waals surface area contributed by atoms with Crippen molar-refractivity contribution in [3.63, 3.8) is 0 Å². The Hall–Kier alpha value is -0.610. The molecular formula is C9H17NO3. The summed E-state index contributed by atoms with van der Waals surface area (Å²) in [4.78, 5) is 12.5. The van der Waals surface area contributed by atoms with Gasteiger partial charge < -0.3 is 10.2 Å². The lowest BCUT2D eigenvalue weighted by atomic mass is 10.1. The van der Waals surface area contributed by atoms with Gasteiger partial charge >= 0.3 is 5.97 Å². The molecule has 1 rings (SSSR count). The zero-order chi connectivity index (χ0) is 9.90. The average molecular weight is 187 g/mol. The van der Waals surface area contributed by atoms with E-state index in [1.165, 1.54) is 0 Å². The minimum atomic E-state index is -1.59. The van der Waals surface area contributed by atoms with Gasteiger partial charge in [-0.05, 0) is 12.8 Å². The summed E-state index contributed by atoms with van der Waals surface area (Å²) < 4.78 is 0. The summed E-state index contributed by atoms with van der Waals surface area (Å²) >= 11 is 0. The maximum absolute atomic E-state index is 10.8. The lowest BCUT2D eigenvalue weighted by molar-refractivity contribution is -0.176. The Bertz CT molecular complexity index is 195. The molecule has 1 aliphatic heterocycles. The van der Waals surface area contributed by atoms with Crippen molar-refractivity contribution in [3.05, 3.63) is 0 Å².